The van der Waals surface area contributed by atoms with E-state index in [4.69, 9.17) is 0 Å². The lowest BCUT2D eigenvalue weighted by Crippen LogP contribution is -2.33. The Morgan fingerprint density at radius 2 is 1.70 bits per heavy atom. The number of aryl methyl sites for hydroxylation is 1. The minimum Gasteiger partial charge on any atom is -0.322 e. The molecule has 5 nitrogen and oxygen atoms in total. The molecule has 2 aromatic carbocycles. The predicted octanol–water partition coefficient (Wildman–Crippen LogP) is 3.68. The molecule has 0 radical (unpaired) electrons. The monoisotopic (exact) mass is 396 g/mol. The van der Waals surface area contributed by atoms with Gasteiger partial charge in [-0.1, -0.05) is 42.5 Å². The van der Waals surface area contributed by atoms with Gasteiger partial charge in [-0.2, -0.15) is 0 Å². The number of fused-ring (bicyclic) bond motifs is 6. The molecule has 148 valence electrons. The zero-order valence-electron chi connectivity index (χ0n) is 16.5. The molecule has 4 atom stereocenters. The van der Waals surface area contributed by atoms with Crippen molar-refractivity contribution in [3.05, 3.63) is 82.2 Å². The number of pyridine rings is 1. The van der Waals surface area contributed by atoms with E-state index in [9.17, 15) is 14.4 Å². The molecule has 30 heavy (non-hydrogen) atoms. The number of aromatic amines is 1. The normalized spacial score (nSPS) is 27.1. The van der Waals surface area contributed by atoms with Crippen molar-refractivity contribution in [3.63, 3.8) is 0 Å². The molecule has 1 aromatic heterocycles. The second-order valence-corrected chi connectivity index (χ2v) is 8.60. The number of imide groups is 1. The van der Waals surface area contributed by atoms with Gasteiger partial charge in [0.05, 0.1) is 23.0 Å². The van der Waals surface area contributed by atoms with E-state index in [2.05, 4.69) is 23.2 Å². The van der Waals surface area contributed by atoms with Crippen molar-refractivity contribution in [2.45, 2.75) is 13.3 Å². The number of carbonyl (C=O) groups is 2. The molecule has 1 saturated heterocycles. The molecular formula is C25H20N2O3. The smallest absolute Gasteiger partial charge is 0.248 e. The Kier molecular flexibility index (Phi) is 3.49. The fourth-order valence-corrected chi connectivity index (χ4v) is 5.78. The highest BCUT2D eigenvalue weighted by Gasteiger charge is 2.61. The third-order valence-corrected chi connectivity index (χ3v) is 7.01. The molecule has 2 amide bonds. The van der Waals surface area contributed by atoms with Crippen LogP contribution in [-0.4, -0.2) is 16.8 Å². The van der Waals surface area contributed by atoms with E-state index in [1.807, 2.05) is 31.2 Å². The number of H-pyrrole nitrogens is 1. The Bertz CT molecular complexity index is 1320. The summed E-state index contributed by atoms with van der Waals surface area (Å²) in [5.74, 6) is -0.605. The summed E-state index contributed by atoms with van der Waals surface area (Å²) in [6.45, 7) is 1.88. The number of hydrogen-bond acceptors (Lipinski definition) is 3. The quantitative estimate of drug-likeness (QED) is 0.672. The highest BCUT2D eigenvalue weighted by molar-refractivity contribution is 6.23. The lowest BCUT2D eigenvalue weighted by molar-refractivity contribution is -0.123. The van der Waals surface area contributed by atoms with E-state index in [0.717, 1.165) is 22.9 Å². The van der Waals surface area contributed by atoms with Crippen molar-refractivity contribution in [3.8, 4) is 0 Å². The van der Waals surface area contributed by atoms with Crippen LogP contribution in [0.1, 0.15) is 17.5 Å². The molecule has 3 aliphatic rings. The molecule has 2 unspecified atom stereocenters. The van der Waals surface area contributed by atoms with Gasteiger partial charge in [0, 0.05) is 11.5 Å². The molecule has 1 saturated carbocycles. The van der Waals surface area contributed by atoms with Gasteiger partial charge >= 0.3 is 0 Å². The standard InChI is InChI=1S/C25H20N2O3/c1-13-9-21(28)26-20-12-16(7-8-17(13)20)27-24(29)22-15-10-18(14-5-3-2-4-6-14)19(11-15)23(22)25(27)30/h2-10,12,15,19,22-23H,11H2,1H3,(H,26,28)/t15?,19?,22-,23+/m0/s1. The molecule has 2 heterocycles. The van der Waals surface area contributed by atoms with E-state index in [1.54, 1.807) is 18.2 Å². The fraction of sp³-hybridized carbons (Fsp3) is 0.240. The van der Waals surface area contributed by atoms with Gasteiger partial charge in [-0.25, -0.2) is 4.90 Å². The zero-order valence-corrected chi connectivity index (χ0v) is 16.5. The first-order chi connectivity index (χ1) is 14.5. The van der Waals surface area contributed by atoms with E-state index in [0.29, 0.717) is 11.2 Å². The van der Waals surface area contributed by atoms with Crippen LogP contribution in [0.2, 0.25) is 0 Å². The van der Waals surface area contributed by atoms with E-state index >= 15 is 0 Å². The van der Waals surface area contributed by atoms with E-state index in [-0.39, 0.29) is 41.0 Å². The number of allylic oxidation sites excluding steroid dienone is 2. The maximum Gasteiger partial charge on any atom is 0.248 e. The molecule has 1 N–H and O–H groups in total. The highest BCUT2D eigenvalue weighted by Crippen LogP contribution is 2.58. The van der Waals surface area contributed by atoms with Gasteiger partial charge in [0.1, 0.15) is 0 Å². The van der Waals surface area contributed by atoms with Gasteiger partial charge in [0.15, 0.2) is 0 Å². The average Bonchev–Trinajstić information content (AvgIpc) is 3.39. The van der Waals surface area contributed by atoms with Crippen molar-refractivity contribution < 1.29 is 9.59 Å². The van der Waals surface area contributed by atoms with Crippen LogP contribution in [0.5, 0.6) is 0 Å². The maximum atomic E-state index is 13.4. The average molecular weight is 396 g/mol. The lowest BCUT2D eigenvalue weighted by atomic mass is 9.79. The SMILES string of the molecule is Cc1cc(=O)[nH]c2cc(N3C(=O)[C@@H]4C5CC(C=C5c5ccccc5)[C@@H]4C3=O)ccc12. The molecular weight excluding hydrogens is 376 g/mol. The molecule has 0 spiro atoms. The molecule has 2 bridgehead atoms. The van der Waals surface area contributed by atoms with E-state index < -0.39 is 0 Å². The van der Waals surface area contributed by atoms with Crippen molar-refractivity contribution in [2.75, 3.05) is 4.90 Å². The molecule has 3 aromatic rings. The summed E-state index contributed by atoms with van der Waals surface area (Å²) < 4.78 is 0. The Morgan fingerprint density at radius 1 is 0.933 bits per heavy atom. The van der Waals surface area contributed by atoms with Crippen molar-refractivity contribution in [1.82, 2.24) is 4.98 Å². The van der Waals surface area contributed by atoms with Gasteiger partial charge in [-0.05, 0) is 54.0 Å². The summed E-state index contributed by atoms with van der Waals surface area (Å²) in [4.78, 5) is 42.8. The van der Waals surface area contributed by atoms with Gasteiger partial charge in [-0.3, -0.25) is 14.4 Å². The van der Waals surface area contributed by atoms with Gasteiger partial charge in [0.25, 0.3) is 0 Å². The summed E-state index contributed by atoms with van der Waals surface area (Å²) in [5, 5.41) is 0.908. The van der Waals surface area contributed by atoms with Gasteiger partial charge in [-0.15, -0.1) is 0 Å². The van der Waals surface area contributed by atoms with Crippen LogP contribution in [0.4, 0.5) is 5.69 Å². The predicted molar refractivity (Wildman–Crippen MR) is 115 cm³/mol. The molecule has 5 heteroatoms. The van der Waals surface area contributed by atoms with Crippen LogP contribution in [0.25, 0.3) is 16.5 Å². The highest BCUT2D eigenvalue weighted by atomic mass is 16.2. The van der Waals surface area contributed by atoms with Crippen LogP contribution in [0, 0.1) is 30.6 Å². The van der Waals surface area contributed by atoms with Crippen LogP contribution in [-0.2, 0) is 9.59 Å². The summed E-state index contributed by atoms with van der Waals surface area (Å²) in [7, 11) is 0. The second-order valence-electron chi connectivity index (χ2n) is 8.60. The van der Waals surface area contributed by atoms with Crippen LogP contribution >= 0.6 is 0 Å². The first kappa shape index (κ1) is 17.4. The first-order valence-electron chi connectivity index (χ1n) is 10.3. The van der Waals surface area contributed by atoms with Crippen LogP contribution < -0.4 is 10.5 Å². The Balaban J connectivity index is 1.40. The number of anilines is 1. The number of nitrogens with one attached hydrogen (secondary N) is 1. The Labute approximate surface area is 173 Å². The third kappa shape index (κ3) is 2.26. The number of aromatic nitrogens is 1. The van der Waals surface area contributed by atoms with Crippen LogP contribution in [0.3, 0.4) is 0 Å². The van der Waals surface area contributed by atoms with Gasteiger partial charge in [0.2, 0.25) is 17.4 Å². The number of nitrogens with zero attached hydrogens (tertiary/aromatic N) is 1. The number of amides is 2. The molecule has 1 aliphatic heterocycles. The maximum absolute atomic E-state index is 13.4. The van der Waals surface area contributed by atoms with Crippen molar-refractivity contribution in [2.24, 2.45) is 23.7 Å². The number of benzene rings is 2. The Morgan fingerprint density at radius 3 is 2.50 bits per heavy atom. The molecule has 6 rings (SSSR count). The van der Waals surface area contributed by atoms with Crippen molar-refractivity contribution in [1.29, 1.82) is 0 Å². The number of hydrogen-bond donors (Lipinski definition) is 1. The van der Waals surface area contributed by atoms with Crippen LogP contribution in [0.15, 0.2) is 65.5 Å². The largest absolute Gasteiger partial charge is 0.322 e. The summed E-state index contributed by atoms with van der Waals surface area (Å²) in [5.41, 5.74) is 4.19. The third-order valence-electron chi connectivity index (χ3n) is 7.01. The second kappa shape index (κ2) is 6.02. The molecule has 2 aliphatic carbocycles. The minimum absolute atomic E-state index is 0.0892. The number of carbonyl (C=O) groups excluding carboxylic acids is 2. The molecule has 2 fully saturated rings. The fourth-order valence-electron chi connectivity index (χ4n) is 5.78. The van der Waals surface area contributed by atoms with Crippen molar-refractivity contribution >= 4 is 34.0 Å². The first-order valence-corrected chi connectivity index (χ1v) is 10.3. The summed E-state index contributed by atoms with van der Waals surface area (Å²) in [6, 6.07) is 17.1. The topological polar surface area (TPSA) is 70.2 Å². The van der Waals surface area contributed by atoms with Gasteiger partial charge < -0.3 is 4.98 Å². The zero-order chi connectivity index (χ0) is 20.6. The minimum atomic E-state index is -0.296. The Hall–Kier alpha value is -3.47. The van der Waals surface area contributed by atoms with E-state index in [1.165, 1.54) is 10.5 Å². The lowest BCUT2D eigenvalue weighted by Gasteiger charge is -2.22. The summed E-state index contributed by atoms with van der Waals surface area (Å²) >= 11 is 0. The summed E-state index contributed by atoms with van der Waals surface area (Å²) in [6.07, 6.45) is 3.08. The number of rotatable bonds is 2.